The zero-order chi connectivity index (χ0) is 7.82. The van der Waals surface area contributed by atoms with E-state index in [1.807, 2.05) is 0 Å². The maximum Gasteiger partial charge on any atom is 0.0492 e. The van der Waals surface area contributed by atoms with Crippen molar-refractivity contribution < 1.29 is 14.9 Å². The lowest BCUT2D eigenvalue weighted by Gasteiger charge is -2.11. The molecule has 0 spiro atoms. The van der Waals surface area contributed by atoms with Crippen LogP contribution in [0.5, 0.6) is 0 Å². The van der Waals surface area contributed by atoms with E-state index in [-0.39, 0.29) is 13.2 Å². The first-order valence-electron chi connectivity index (χ1n) is 3.55. The van der Waals surface area contributed by atoms with Crippen molar-refractivity contribution in [3.05, 3.63) is 0 Å². The van der Waals surface area contributed by atoms with Gasteiger partial charge in [-0.15, -0.1) is 0 Å². The molecule has 0 fully saturated rings. The molecule has 0 unspecified atom stereocenters. The number of hydrogen-bond donors (Lipinski definition) is 2. The Hall–Kier alpha value is -0.120. The van der Waals surface area contributed by atoms with Crippen LogP contribution in [-0.4, -0.2) is 37.1 Å². The lowest BCUT2D eigenvalue weighted by molar-refractivity contribution is 0.114. The fourth-order valence-electron chi connectivity index (χ4n) is 0.912. The molecule has 0 aromatic rings. The average molecular weight is 148 g/mol. The third-order valence-corrected chi connectivity index (χ3v) is 1.48. The standard InChI is InChI=1S/C7H16O3/c1-10-6-7(2-4-8)3-5-9/h7-9H,2-6H2,1H3. The molecule has 0 heterocycles. The van der Waals surface area contributed by atoms with E-state index in [0.717, 1.165) is 0 Å². The smallest absolute Gasteiger partial charge is 0.0492 e. The molecule has 3 nitrogen and oxygen atoms in total. The first-order chi connectivity index (χ1) is 4.85. The van der Waals surface area contributed by atoms with Gasteiger partial charge in [0, 0.05) is 26.9 Å². The van der Waals surface area contributed by atoms with Gasteiger partial charge in [0.15, 0.2) is 0 Å². The van der Waals surface area contributed by atoms with Gasteiger partial charge >= 0.3 is 0 Å². The highest BCUT2D eigenvalue weighted by atomic mass is 16.5. The van der Waals surface area contributed by atoms with Crippen LogP contribution in [0.1, 0.15) is 12.8 Å². The molecule has 0 saturated heterocycles. The van der Waals surface area contributed by atoms with Crippen LogP contribution in [0.25, 0.3) is 0 Å². The van der Waals surface area contributed by atoms with Crippen LogP contribution < -0.4 is 0 Å². The Morgan fingerprint density at radius 1 is 1.20 bits per heavy atom. The van der Waals surface area contributed by atoms with Crippen LogP contribution in [-0.2, 0) is 4.74 Å². The van der Waals surface area contributed by atoms with Gasteiger partial charge in [0.05, 0.1) is 0 Å². The molecule has 10 heavy (non-hydrogen) atoms. The lowest BCUT2D eigenvalue weighted by Crippen LogP contribution is -2.11. The molecule has 0 saturated carbocycles. The van der Waals surface area contributed by atoms with Gasteiger partial charge in [-0.3, -0.25) is 0 Å². The zero-order valence-corrected chi connectivity index (χ0v) is 6.42. The molecule has 0 aromatic heterocycles. The van der Waals surface area contributed by atoms with Gasteiger partial charge in [0.1, 0.15) is 0 Å². The van der Waals surface area contributed by atoms with Crippen LogP contribution in [0.3, 0.4) is 0 Å². The molecule has 0 aliphatic carbocycles. The largest absolute Gasteiger partial charge is 0.396 e. The highest BCUT2D eigenvalue weighted by Crippen LogP contribution is 2.06. The van der Waals surface area contributed by atoms with Crippen molar-refractivity contribution in [2.24, 2.45) is 5.92 Å². The van der Waals surface area contributed by atoms with Gasteiger partial charge in [-0.25, -0.2) is 0 Å². The molecular weight excluding hydrogens is 132 g/mol. The number of methoxy groups -OCH3 is 1. The summed E-state index contributed by atoms with van der Waals surface area (Å²) in [5.74, 6) is 0.306. The van der Waals surface area contributed by atoms with Gasteiger partial charge in [-0.05, 0) is 18.8 Å². The van der Waals surface area contributed by atoms with E-state index in [2.05, 4.69) is 0 Å². The molecule has 3 heteroatoms. The number of aliphatic hydroxyl groups excluding tert-OH is 2. The Kier molecular flexibility index (Phi) is 6.91. The minimum Gasteiger partial charge on any atom is -0.396 e. The summed E-state index contributed by atoms with van der Waals surface area (Å²) in [6, 6.07) is 0. The van der Waals surface area contributed by atoms with Crippen molar-refractivity contribution in [1.82, 2.24) is 0 Å². The van der Waals surface area contributed by atoms with E-state index >= 15 is 0 Å². The average Bonchev–Trinajstić information content (AvgIpc) is 1.90. The first-order valence-corrected chi connectivity index (χ1v) is 3.55. The summed E-state index contributed by atoms with van der Waals surface area (Å²) in [6.45, 7) is 0.975. The third-order valence-electron chi connectivity index (χ3n) is 1.48. The van der Waals surface area contributed by atoms with Crippen molar-refractivity contribution in [2.45, 2.75) is 12.8 Å². The predicted octanol–water partition coefficient (Wildman–Crippen LogP) is 0.0138. The van der Waals surface area contributed by atoms with E-state index in [1.54, 1.807) is 7.11 Å². The normalized spacial score (nSPS) is 10.8. The maximum atomic E-state index is 8.55. The Bertz CT molecular complexity index is 51.6. The third kappa shape index (κ3) is 4.73. The van der Waals surface area contributed by atoms with Crippen LogP contribution in [0.2, 0.25) is 0 Å². The first kappa shape index (κ1) is 9.88. The molecule has 62 valence electrons. The van der Waals surface area contributed by atoms with E-state index in [1.165, 1.54) is 0 Å². The monoisotopic (exact) mass is 148 g/mol. The van der Waals surface area contributed by atoms with E-state index in [9.17, 15) is 0 Å². The summed E-state index contributed by atoms with van der Waals surface area (Å²) < 4.78 is 4.89. The Morgan fingerprint density at radius 3 is 2.00 bits per heavy atom. The minimum atomic E-state index is 0.175. The summed E-state index contributed by atoms with van der Waals surface area (Å²) in [5, 5.41) is 17.1. The van der Waals surface area contributed by atoms with Crippen LogP contribution >= 0.6 is 0 Å². The molecular formula is C7H16O3. The molecule has 0 bridgehead atoms. The number of rotatable bonds is 6. The molecule has 0 atom stereocenters. The van der Waals surface area contributed by atoms with Crippen LogP contribution in [0.4, 0.5) is 0 Å². The predicted molar refractivity (Wildman–Crippen MR) is 38.8 cm³/mol. The second kappa shape index (κ2) is 6.99. The van der Waals surface area contributed by atoms with Crippen molar-refractivity contribution in [1.29, 1.82) is 0 Å². The zero-order valence-electron chi connectivity index (χ0n) is 6.42. The fourth-order valence-corrected chi connectivity index (χ4v) is 0.912. The number of ether oxygens (including phenoxy) is 1. The second-order valence-electron chi connectivity index (χ2n) is 2.35. The Labute approximate surface area is 61.6 Å². The van der Waals surface area contributed by atoms with Gasteiger partial charge in [-0.2, -0.15) is 0 Å². The van der Waals surface area contributed by atoms with Crippen molar-refractivity contribution in [2.75, 3.05) is 26.9 Å². The number of aliphatic hydroxyl groups is 2. The van der Waals surface area contributed by atoms with Gasteiger partial charge in [0.2, 0.25) is 0 Å². The quantitative estimate of drug-likeness (QED) is 0.558. The minimum absolute atomic E-state index is 0.175. The van der Waals surface area contributed by atoms with Gasteiger partial charge in [-0.1, -0.05) is 0 Å². The Morgan fingerprint density at radius 2 is 1.70 bits per heavy atom. The lowest BCUT2D eigenvalue weighted by atomic mass is 10.0. The second-order valence-corrected chi connectivity index (χ2v) is 2.35. The summed E-state index contributed by atoms with van der Waals surface area (Å²) in [7, 11) is 1.63. The molecule has 0 amide bonds. The van der Waals surface area contributed by atoms with E-state index in [4.69, 9.17) is 14.9 Å². The fraction of sp³-hybridized carbons (Fsp3) is 1.00. The SMILES string of the molecule is COCC(CCO)CCO. The molecule has 0 rings (SSSR count). The summed E-state index contributed by atoms with van der Waals surface area (Å²) in [6.07, 6.45) is 1.43. The van der Waals surface area contributed by atoms with Gasteiger partial charge in [0.25, 0.3) is 0 Å². The van der Waals surface area contributed by atoms with Crippen molar-refractivity contribution in [3.8, 4) is 0 Å². The van der Waals surface area contributed by atoms with E-state index in [0.29, 0.717) is 25.4 Å². The summed E-state index contributed by atoms with van der Waals surface area (Å²) in [4.78, 5) is 0. The topological polar surface area (TPSA) is 49.7 Å². The highest BCUT2D eigenvalue weighted by Gasteiger charge is 2.05. The van der Waals surface area contributed by atoms with Crippen molar-refractivity contribution >= 4 is 0 Å². The highest BCUT2D eigenvalue weighted by molar-refractivity contribution is 4.56. The van der Waals surface area contributed by atoms with E-state index < -0.39 is 0 Å². The molecule has 2 N–H and O–H groups in total. The molecule has 0 radical (unpaired) electrons. The Balaban J connectivity index is 3.30. The van der Waals surface area contributed by atoms with Crippen molar-refractivity contribution in [3.63, 3.8) is 0 Å². The summed E-state index contributed by atoms with van der Waals surface area (Å²) >= 11 is 0. The molecule has 0 aliphatic heterocycles. The molecule has 0 aliphatic rings. The number of hydrogen-bond acceptors (Lipinski definition) is 3. The van der Waals surface area contributed by atoms with Crippen LogP contribution in [0, 0.1) is 5.92 Å². The summed E-state index contributed by atoms with van der Waals surface area (Å²) in [5.41, 5.74) is 0. The molecule has 0 aromatic carbocycles. The maximum absolute atomic E-state index is 8.55. The van der Waals surface area contributed by atoms with Crippen LogP contribution in [0.15, 0.2) is 0 Å². The van der Waals surface area contributed by atoms with Gasteiger partial charge < -0.3 is 14.9 Å².